The topological polar surface area (TPSA) is 37.3 Å². The largest absolute Gasteiger partial charge is 0.393 e. The van der Waals surface area contributed by atoms with Crippen molar-refractivity contribution in [3.8, 4) is 0 Å². The molecule has 0 aromatic rings. The first-order valence-electron chi connectivity index (χ1n) is 14.3. The van der Waals surface area contributed by atoms with Crippen LogP contribution in [0.3, 0.4) is 0 Å². The molecule has 2 nitrogen and oxygen atoms in total. The van der Waals surface area contributed by atoms with E-state index in [2.05, 4.69) is 54.5 Å². The number of hydrogen-bond acceptors (Lipinski definition) is 2. The van der Waals surface area contributed by atoms with E-state index in [0.717, 1.165) is 25.7 Å². The number of ketones is 1. The fourth-order valence-corrected chi connectivity index (χ4v) is 10.5. The third-order valence-corrected chi connectivity index (χ3v) is 12.2. The molecule has 4 fully saturated rings. The Kier molecular flexibility index (Phi) is 5.69. The van der Waals surface area contributed by atoms with Crippen molar-refractivity contribution in [1.82, 2.24) is 0 Å². The van der Waals surface area contributed by atoms with Gasteiger partial charge in [-0.15, -0.1) is 0 Å². The fourth-order valence-electron chi connectivity index (χ4n) is 10.5. The Morgan fingerprint density at radius 2 is 1.62 bits per heavy atom. The zero-order valence-corrected chi connectivity index (χ0v) is 23.0. The Morgan fingerprint density at radius 1 is 0.971 bits per heavy atom. The highest BCUT2D eigenvalue weighted by Crippen LogP contribution is 2.71. The van der Waals surface area contributed by atoms with Crippen molar-refractivity contribution >= 4 is 5.78 Å². The zero-order chi connectivity index (χ0) is 24.8. The molecule has 0 saturated heterocycles. The number of hydrogen-bond donors (Lipinski definition) is 1. The average molecular weight is 467 g/mol. The van der Waals surface area contributed by atoms with Crippen LogP contribution in [0.2, 0.25) is 0 Å². The van der Waals surface area contributed by atoms with Gasteiger partial charge in [-0.2, -0.15) is 0 Å². The summed E-state index contributed by atoms with van der Waals surface area (Å²) in [6.45, 7) is 21.0. The number of aliphatic hydroxyl groups is 1. The maximum Gasteiger partial charge on any atom is 0.141 e. The smallest absolute Gasteiger partial charge is 0.141 e. The van der Waals surface area contributed by atoms with E-state index in [9.17, 15) is 9.90 Å². The van der Waals surface area contributed by atoms with Gasteiger partial charge in [0.05, 0.1) is 6.10 Å². The van der Waals surface area contributed by atoms with E-state index in [1.54, 1.807) is 5.57 Å². The lowest BCUT2D eigenvalue weighted by Crippen LogP contribution is -2.60. The predicted octanol–water partition coefficient (Wildman–Crippen LogP) is 7.76. The third-order valence-electron chi connectivity index (χ3n) is 12.2. The number of fused-ring (bicyclic) bond motifs is 7. The molecule has 5 aliphatic rings. The van der Waals surface area contributed by atoms with Crippen LogP contribution in [0, 0.1) is 57.2 Å². The molecular weight excluding hydrogens is 416 g/mol. The fraction of sp³-hybridized carbons (Fsp3) is 0.844. The van der Waals surface area contributed by atoms with Gasteiger partial charge in [-0.1, -0.05) is 72.3 Å². The third kappa shape index (κ3) is 3.40. The van der Waals surface area contributed by atoms with Crippen LogP contribution in [0.1, 0.15) is 106 Å². The second-order valence-electron chi connectivity index (χ2n) is 15.2. The lowest BCUT2D eigenvalue weighted by atomic mass is 9.38. The van der Waals surface area contributed by atoms with Crippen molar-refractivity contribution in [1.29, 1.82) is 0 Å². The van der Waals surface area contributed by atoms with E-state index in [1.807, 2.05) is 0 Å². The summed E-state index contributed by atoms with van der Waals surface area (Å²) in [5.74, 6) is 3.34. The number of rotatable bonds is 1. The van der Waals surface area contributed by atoms with Crippen molar-refractivity contribution in [3.05, 3.63) is 23.8 Å². The highest BCUT2D eigenvalue weighted by atomic mass is 16.3. The van der Waals surface area contributed by atoms with Gasteiger partial charge in [0.2, 0.25) is 0 Å². The normalized spacial score (nSPS) is 50.9. The van der Waals surface area contributed by atoms with Crippen molar-refractivity contribution in [2.45, 2.75) is 112 Å². The first-order chi connectivity index (χ1) is 15.7. The first-order valence-corrected chi connectivity index (χ1v) is 14.3. The van der Waals surface area contributed by atoms with Crippen LogP contribution in [0.25, 0.3) is 0 Å². The van der Waals surface area contributed by atoms with Crippen LogP contribution in [0.15, 0.2) is 23.8 Å². The highest BCUT2D eigenvalue weighted by Gasteiger charge is 2.63. The maximum atomic E-state index is 13.3. The molecule has 190 valence electrons. The van der Waals surface area contributed by atoms with E-state index in [4.69, 9.17) is 6.58 Å². The van der Waals surface area contributed by atoms with Crippen LogP contribution >= 0.6 is 0 Å². The molecule has 0 bridgehead atoms. The van der Waals surface area contributed by atoms with E-state index >= 15 is 0 Å². The van der Waals surface area contributed by atoms with Crippen molar-refractivity contribution < 1.29 is 9.90 Å². The summed E-state index contributed by atoms with van der Waals surface area (Å²) in [4.78, 5) is 13.3. The summed E-state index contributed by atoms with van der Waals surface area (Å²) >= 11 is 0. The van der Waals surface area contributed by atoms with Gasteiger partial charge in [-0.3, -0.25) is 4.79 Å². The zero-order valence-electron chi connectivity index (χ0n) is 23.0. The quantitative estimate of drug-likeness (QED) is 0.429. The minimum atomic E-state index is -0.247. The number of carbonyl (C=O) groups excluding carboxylic acids is 1. The van der Waals surface area contributed by atoms with Gasteiger partial charge in [-0.25, -0.2) is 0 Å². The molecule has 34 heavy (non-hydrogen) atoms. The van der Waals surface area contributed by atoms with E-state index < -0.39 is 0 Å². The summed E-state index contributed by atoms with van der Waals surface area (Å²) < 4.78 is 0. The molecule has 0 radical (unpaired) electrons. The number of allylic oxidation sites excluding steroid dienone is 3. The van der Waals surface area contributed by atoms with Gasteiger partial charge in [0.15, 0.2) is 0 Å². The van der Waals surface area contributed by atoms with Crippen molar-refractivity contribution in [3.63, 3.8) is 0 Å². The molecule has 5 aliphatic carbocycles. The molecular formula is C32H50O2. The van der Waals surface area contributed by atoms with Crippen LogP contribution in [0.5, 0.6) is 0 Å². The monoisotopic (exact) mass is 466 g/mol. The van der Waals surface area contributed by atoms with Crippen LogP contribution in [0.4, 0.5) is 0 Å². The SMILES string of the molecule is C=C1C=C2C3CC(C(=O)C(C)(C)C)CCC3(C)CCC2C2(C)CCC3C(C)C(O)CCC3(C)C12. The number of carbonyl (C=O) groups is 1. The molecule has 10 atom stereocenters. The molecule has 1 N–H and O–H groups in total. The van der Waals surface area contributed by atoms with Gasteiger partial charge in [0.25, 0.3) is 0 Å². The van der Waals surface area contributed by atoms with Crippen LogP contribution in [-0.4, -0.2) is 17.0 Å². The Bertz CT molecular complexity index is 906. The van der Waals surface area contributed by atoms with Crippen molar-refractivity contribution in [2.24, 2.45) is 57.2 Å². The van der Waals surface area contributed by atoms with Gasteiger partial charge in [-0.05, 0) is 104 Å². The molecule has 0 aromatic heterocycles. The Hall–Kier alpha value is -0.890. The summed E-state index contributed by atoms with van der Waals surface area (Å²) in [6, 6.07) is 0. The number of Topliss-reactive ketones (excluding diaryl/α,β-unsaturated/α-hetero) is 1. The molecule has 10 unspecified atom stereocenters. The van der Waals surface area contributed by atoms with Gasteiger partial charge in [0.1, 0.15) is 5.78 Å². The first kappa shape index (κ1) is 24.8. The summed E-state index contributed by atoms with van der Waals surface area (Å²) in [7, 11) is 0. The van der Waals surface area contributed by atoms with Crippen LogP contribution in [-0.2, 0) is 4.79 Å². The number of aliphatic hydroxyl groups excluding tert-OH is 1. The van der Waals surface area contributed by atoms with Crippen LogP contribution < -0.4 is 0 Å². The summed E-state index contributed by atoms with van der Waals surface area (Å²) in [5, 5.41) is 10.7. The highest BCUT2D eigenvalue weighted by molar-refractivity contribution is 5.86. The standard InChI is InChI=1S/C32H50O2/c1-19-17-22-24(10-14-30(6)13-9-21(18-25(22)30)28(34)29(3,4)5)32(8)15-11-23-20(2)26(33)12-16-31(23,7)27(19)32/h17,20-21,23-27,33H,1,9-16,18H2,2-8H3. The molecule has 0 aliphatic heterocycles. The van der Waals surface area contributed by atoms with E-state index in [0.29, 0.717) is 40.8 Å². The molecule has 0 spiro atoms. The average Bonchev–Trinajstić information content (AvgIpc) is 2.74. The van der Waals surface area contributed by atoms with E-state index in [-0.39, 0.29) is 28.3 Å². The minimum Gasteiger partial charge on any atom is -0.393 e. The second-order valence-corrected chi connectivity index (χ2v) is 15.2. The molecule has 2 heteroatoms. The molecule has 0 aromatic carbocycles. The summed E-state index contributed by atoms with van der Waals surface area (Å²) in [5.41, 5.74) is 3.61. The minimum absolute atomic E-state index is 0.139. The molecule has 4 saturated carbocycles. The van der Waals surface area contributed by atoms with Gasteiger partial charge < -0.3 is 5.11 Å². The Balaban J connectivity index is 1.52. The Labute approximate surface area is 209 Å². The molecule has 0 amide bonds. The van der Waals surface area contributed by atoms with E-state index in [1.165, 1.54) is 37.7 Å². The Morgan fingerprint density at radius 3 is 2.29 bits per heavy atom. The molecule has 5 rings (SSSR count). The van der Waals surface area contributed by atoms with Crippen molar-refractivity contribution in [2.75, 3.05) is 0 Å². The lowest BCUT2D eigenvalue weighted by molar-refractivity contribution is -0.143. The lowest BCUT2D eigenvalue weighted by Gasteiger charge is -2.66. The summed E-state index contributed by atoms with van der Waals surface area (Å²) in [6.07, 6.45) is 12.9. The maximum absolute atomic E-state index is 13.3. The van der Waals surface area contributed by atoms with Gasteiger partial charge in [0, 0.05) is 11.3 Å². The predicted molar refractivity (Wildman–Crippen MR) is 140 cm³/mol. The van der Waals surface area contributed by atoms with Gasteiger partial charge >= 0.3 is 0 Å². The molecule has 0 heterocycles. The second kappa shape index (κ2) is 7.80.